The summed E-state index contributed by atoms with van der Waals surface area (Å²) < 4.78 is 38.9. The van der Waals surface area contributed by atoms with E-state index in [-0.39, 0.29) is 35.8 Å². The normalized spacial score (nSPS) is 18.2. The van der Waals surface area contributed by atoms with Crippen LogP contribution in [0.15, 0.2) is 43.0 Å². The van der Waals surface area contributed by atoms with Gasteiger partial charge in [0.25, 0.3) is 5.91 Å². The molecule has 33 heavy (non-hydrogen) atoms. The van der Waals surface area contributed by atoms with Gasteiger partial charge in [0.05, 0.1) is 17.5 Å². The Morgan fingerprint density at radius 2 is 1.79 bits per heavy atom. The number of carbonyl (C=O) groups is 1. The van der Waals surface area contributed by atoms with Crippen molar-refractivity contribution in [1.29, 1.82) is 0 Å². The van der Waals surface area contributed by atoms with E-state index in [9.17, 15) is 18.0 Å². The molecule has 2 N–H and O–H groups in total. The van der Waals surface area contributed by atoms with E-state index in [4.69, 9.17) is 0 Å². The maximum Gasteiger partial charge on any atom is 0.434 e. The molecule has 0 aliphatic heterocycles. The van der Waals surface area contributed by atoms with Crippen LogP contribution in [0.3, 0.4) is 0 Å². The first-order chi connectivity index (χ1) is 15.9. The standard InChI is InChI=1S/C22H22F3N7O/c1-2-14-20(29-12-17(30-14)22(23,24)25)31-15-7-3-8-16(15)32-21(33)18-13(6-4-9-26-18)19-27-10-5-11-28-19/h4-6,9-12,15-16H,2-3,7-8H2,1H3,(H,29,31)(H,32,33)/t15-,16?/m0/s1. The van der Waals surface area contributed by atoms with E-state index >= 15 is 0 Å². The number of rotatable bonds is 6. The summed E-state index contributed by atoms with van der Waals surface area (Å²) in [7, 11) is 0. The van der Waals surface area contributed by atoms with Gasteiger partial charge in [0.2, 0.25) is 0 Å². The highest BCUT2D eigenvalue weighted by Crippen LogP contribution is 2.30. The van der Waals surface area contributed by atoms with E-state index in [0.717, 1.165) is 19.0 Å². The van der Waals surface area contributed by atoms with Crippen LogP contribution in [0, 0.1) is 0 Å². The minimum atomic E-state index is -4.55. The van der Waals surface area contributed by atoms with Gasteiger partial charge in [-0.15, -0.1) is 0 Å². The highest BCUT2D eigenvalue weighted by Gasteiger charge is 2.35. The number of nitrogens with zero attached hydrogens (tertiary/aromatic N) is 5. The highest BCUT2D eigenvalue weighted by molar-refractivity contribution is 5.98. The topological polar surface area (TPSA) is 106 Å². The first-order valence-corrected chi connectivity index (χ1v) is 10.6. The molecule has 0 aromatic carbocycles. The Balaban J connectivity index is 1.51. The number of amides is 1. The first kappa shape index (κ1) is 22.6. The fourth-order valence-corrected chi connectivity index (χ4v) is 3.85. The Morgan fingerprint density at radius 3 is 2.52 bits per heavy atom. The molecule has 172 valence electrons. The van der Waals surface area contributed by atoms with Gasteiger partial charge in [-0.1, -0.05) is 6.92 Å². The summed E-state index contributed by atoms with van der Waals surface area (Å²) in [4.78, 5) is 33.4. The maximum absolute atomic E-state index is 13.1. The van der Waals surface area contributed by atoms with Crippen LogP contribution in [0.4, 0.5) is 19.0 Å². The Kier molecular flexibility index (Phi) is 6.47. The minimum Gasteiger partial charge on any atom is -0.364 e. The van der Waals surface area contributed by atoms with Crippen molar-refractivity contribution in [3.05, 3.63) is 60.1 Å². The second-order valence-electron chi connectivity index (χ2n) is 7.64. The number of hydrogen-bond acceptors (Lipinski definition) is 7. The van der Waals surface area contributed by atoms with Crippen LogP contribution in [0.2, 0.25) is 0 Å². The summed E-state index contributed by atoms with van der Waals surface area (Å²) in [6, 6.07) is 4.66. The molecule has 0 spiro atoms. The summed E-state index contributed by atoms with van der Waals surface area (Å²) in [6.07, 6.45) is 3.45. The fourth-order valence-electron chi connectivity index (χ4n) is 3.85. The molecule has 11 heteroatoms. The van der Waals surface area contributed by atoms with E-state index < -0.39 is 11.9 Å². The van der Waals surface area contributed by atoms with Crippen LogP contribution < -0.4 is 10.6 Å². The fraction of sp³-hybridized carbons (Fsp3) is 0.364. The number of pyridine rings is 1. The summed E-state index contributed by atoms with van der Waals surface area (Å²) in [5.41, 5.74) is -0.0695. The van der Waals surface area contributed by atoms with Crippen LogP contribution in [0.5, 0.6) is 0 Å². The van der Waals surface area contributed by atoms with E-state index in [1.54, 1.807) is 37.5 Å². The molecule has 3 aromatic heterocycles. The van der Waals surface area contributed by atoms with Gasteiger partial charge < -0.3 is 10.6 Å². The average molecular weight is 457 g/mol. The third-order valence-corrected chi connectivity index (χ3v) is 5.45. The second-order valence-corrected chi connectivity index (χ2v) is 7.64. The Morgan fingerprint density at radius 1 is 1.06 bits per heavy atom. The van der Waals surface area contributed by atoms with Gasteiger partial charge in [0, 0.05) is 30.7 Å². The zero-order chi connectivity index (χ0) is 23.4. The number of hydrogen-bond donors (Lipinski definition) is 2. The lowest BCUT2D eigenvalue weighted by Crippen LogP contribution is -2.44. The number of halogens is 3. The number of alkyl halides is 3. The monoisotopic (exact) mass is 457 g/mol. The van der Waals surface area contributed by atoms with Crippen molar-refractivity contribution in [1.82, 2.24) is 30.2 Å². The lowest BCUT2D eigenvalue weighted by atomic mass is 10.1. The van der Waals surface area contributed by atoms with Gasteiger partial charge in [0.15, 0.2) is 11.5 Å². The molecule has 3 aromatic rings. The average Bonchev–Trinajstić information content (AvgIpc) is 3.25. The molecule has 8 nitrogen and oxygen atoms in total. The number of anilines is 1. The molecule has 0 saturated heterocycles. The Labute approximate surface area is 188 Å². The largest absolute Gasteiger partial charge is 0.434 e. The number of nitrogens with one attached hydrogen (secondary N) is 2. The smallest absolute Gasteiger partial charge is 0.364 e. The number of aromatic nitrogens is 5. The molecule has 4 rings (SSSR count). The van der Waals surface area contributed by atoms with E-state index in [2.05, 4.69) is 35.6 Å². The molecule has 1 amide bonds. The number of carbonyl (C=O) groups excluding carboxylic acids is 1. The van der Waals surface area contributed by atoms with Crippen LogP contribution in [-0.4, -0.2) is 42.9 Å². The first-order valence-electron chi connectivity index (χ1n) is 10.6. The summed E-state index contributed by atoms with van der Waals surface area (Å²) in [5.74, 6) is 0.322. The molecule has 1 unspecified atom stereocenters. The molecule has 1 saturated carbocycles. The lowest BCUT2D eigenvalue weighted by molar-refractivity contribution is -0.141. The van der Waals surface area contributed by atoms with Crippen molar-refractivity contribution in [2.75, 3.05) is 5.32 Å². The molecule has 0 bridgehead atoms. The molecular weight excluding hydrogens is 435 g/mol. The maximum atomic E-state index is 13.1. The molecule has 3 heterocycles. The van der Waals surface area contributed by atoms with Crippen LogP contribution in [-0.2, 0) is 12.6 Å². The van der Waals surface area contributed by atoms with Crippen molar-refractivity contribution in [2.24, 2.45) is 0 Å². The van der Waals surface area contributed by atoms with Crippen LogP contribution in [0.25, 0.3) is 11.4 Å². The SMILES string of the molecule is CCc1nc(C(F)(F)F)cnc1N[C@H]1CCCC1NC(=O)c1ncccc1-c1ncccn1. The van der Waals surface area contributed by atoms with Gasteiger partial charge in [-0.3, -0.25) is 9.78 Å². The quantitative estimate of drug-likeness (QED) is 0.582. The van der Waals surface area contributed by atoms with Gasteiger partial charge in [-0.2, -0.15) is 13.2 Å². The zero-order valence-electron chi connectivity index (χ0n) is 17.8. The number of aryl methyl sites for hydroxylation is 1. The molecule has 2 atom stereocenters. The van der Waals surface area contributed by atoms with Crippen molar-refractivity contribution in [3.63, 3.8) is 0 Å². The highest BCUT2D eigenvalue weighted by atomic mass is 19.4. The van der Waals surface area contributed by atoms with Gasteiger partial charge in [-0.05, 0) is 43.9 Å². The van der Waals surface area contributed by atoms with Gasteiger partial charge in [-0.25, -0.2) is 19.9 Å². The molecule has 0 radical (unpaired) electrons. The van der Waals surface area contributed by atoms with Gasteiger partial charge in [0.1, 0.15) is 11.5 Å². The summed E-state index contributed by atoms with van der Waals surface area (Å²) in [5, 5.41) is 6.19. The van der Waals surface area contributed by atoms with Crippen molar-refractivity contribution < 1.29 is 18.0 Å². The van der Waals surface area contributed by atoms with E-state index in [1.807, 2.05) is 0 Å². The predicted octanol–water partition coefficient (Wildman–Crippen LogP) is 3.67. The van der Waals surface area contributed by atoms with Crippen molar-refractivity contribution >= 4 is 11.7 Å². The zero-order valence-corrected chi connectivity index (χ0v) is 17.8. The van der Waals surface area contributed by atoms with E-state index in [0.29, 0.717) is 23.6 Å². The van der Waals surface area contributed by atoms with Crippen molar-refractivity contribution in [2.45, 2.75) is 50.9 Å². The Hall–Kier alpha value is -3.63. The summed E-state index contributed by atoms with van der Waals surface area (Å²) >= 11 is 0. The summed E-state index contributed by atoms with van der Waals surface area (Å²) in [6.45, 7) is 1.72. The molecule has 1 aliphatic rings. The van der Waals surface area contributed by atoms with E-state index in [1.165, 1.54) is 6.20 Å². The second kappa shape index (κ2) is 9.47. The molecule has 1 fully saturated rings. The lowest BCUT2D eigenvalue weighted by Gasteiger charge is -2.24. The van der Waals surface area contributed by atoms with Crippen LogP contribution >= 0.6 is 0 Å². The van der Waals surface area contributed by atoms with Crippen molar-refractivity contribution in [3.8, 4) is 11.4 Å². The van der Waals surface area contributed by atoms with Gasteiger partial charge >= 0.3 is 6.18 Å². The Bertz CT molecular complexity index is 1120. The molecule has 1 aliphatic carbocycles. The predicted molar refractivity (Wildman–Crippen MR) is 114 cm³/mol. The minimum absolute atomic E-state index is 0.203. The van der Waals surface area contributed by atoms with Crippen LogP contribution in [0.1, 0.15) is 48.1 Å². The molecular formula is C22H22F3N7O. The third-order valence-electron chi connectivity index (χ3n) is 5.45. The third kappa shape index (κ3) is 5.07.